The van der Waals surface area contributed by atoms with Crippen molar-refractivity contribution < 1.29 is 23.8 Å². The predicted octanol–water partition coefficient (Wildman–Crippen LogP) is 5.40. The molecule has 0 fully saturated rings. The molecule has 1 rings (SSSR count). The van der Waals surface area contributed by atoms with E-state index in [4.69, 9.17) is 9.47 Å². The lowest BCUT2D eigenvalue weighted by Crippen LogP contribution is -2.40. The van der Waals surface area contributed by atoms with Gasteiger partial charge in [-0.25, -0.2) is 4.39 Å². The van der Waals surface area contributed by atoms with E-state index in [9.17, 15) is 14.3 Å². The standard InChI is InChI=1S/C23H35FO4/c1-15(11-8-12-17(3)24)9-7-10-16(2)13-14-19-18(4)20(25)22(27-5)23(28-6)21(19)26/h9,12-13,18-19,21,26H,7-8,10-11,14H2,1-6H3/b15-9+,16-13+,17-12+. The smallest absolute Gasteiger partial charge is 0.204 e. The Morgan fingerprint density at radius 3 is 2.14 bits per heavy atom. The SMILES string of the molecule is COC1=C(OC)C(O)C(C/C=C(\C)CC/C=C(\C)CC/C=C(\C)F)C(C)C1=O. The number of allylic oxidation sites excluding steroid dienone is 7. The Morgan fingerprint density at radius 1 is 1.04 bits per heavy atom. The molecule has 0 aromatic carbocycles. The number of carbonyl (C=O) groups is 1. The fourth-order valence-electron chi connectivity index (χ4n) is 3.46. The van der Waals surface area contributed by atoms with Crippen LogP contribution in [0.5, 0.6) is 0 Å². The Balaban J connectivity index is 2.64. The molecule has 0 spiro atoms. The fraction of sp³-hybridized carbons (Fsp3) is 0.609. The second kappa shape index (κ2) is 11.8. The van der Waals surface area contributed by atoms with E-state index in [0.717, 1.165) is 25.7 Å². The average Bonchev–Trinajstić information content (AvgIpc) is 2.64. The van der Waals surface area contributed by atoms with Gasteiger partial charge in [-0.05, 0) is 52.9 Å². The van der Waals surface area contributed by atoms with Gasteiger partial charge in [-0.1, -0.05) is 36.3 Å². The van der Waals surface area contributed by atoms with Crippen LogP contribution < -0.4 is 0 Å². The van der Waals surface area contributed by atoms with E-state index in [1.165, 1.54) is 32.3 Å². The number of methoxy groups -OCH3 is 2. The van der Waals surface area contributed by atoms with Crippen molar-refractivity contribution in [1.82, 2.24) is 0 Å². The van der Waals surface area contributed by atoms with Gasteiger partial charge in [0.1, 0.15) is 6.10 Å². The summed E-state index contributed by atoms with van der Waals surface area (Å²) in [6.45, 7) is 7.42. The van der Waals surface area contributed by atoms with Crippen molar-refractivity contribution in [3.05, 3.63) is 46.7 Å². The molecule has 0 heterocycles. The Bertz CT molecular complexity index is 654. The van der Waals surface area contributed by atoms with Gasteiger partial charge in [0, 0.05) is 11.8 Å². The zero-order valence-corrected chi connectivity index (χ0v) is 18.0. The normalized spacial score (nSPS) is 24.6. The molecular weight excluding hydrogens is 359 g/mol. The highest BCUT2D eigenvalue weighted by atomic mass is 19.1. The number of halogens is 1. The molecule has 4 nitrogen and oxygen atoms in total. The van der Waals surface area contributed by atoms with Crippen molar-refractivity contribution in [3.8, 4) is 0 Å². The lowest BCUT2D eigenvalue weighted by atomic mass is 9.77. The number of hydrogen-bond acceptors (Lipinski definition) is 4. The van der Waals surface area contributed by atoms with E-state index in [0.29, 0.717) is 6.42 Å². The molecule has 0 saturated heterocycles. The summed E-state index contributed by atoms with van der Waals surface area (Å²) in [4.78, 5) is 12.5. The molecule has 5 heteroatoms. The number of ketones is 1. The number of hydrogen-bond donors (Lipinski definition) is 1. The topological polar surface area (TPSA) is 55.8 Å². The third kappa shape index (κ3) is 6.93. The van der Waals surface area contributed by atoms with Crippen molar-refractivity contribution >= 4 is 5.78 Å². The number of carbonyl (C=O) groups excluding carboxylic acids is 1. The van der Waals surface area contributed by atoms with Crippen molar-refractivity contribution in [1.29, 1.82) is 0 Å². The summed E-state index contributed by atoms with van der Waals surface area (Å²) >= 11 is 0. The van der Waals surface area contributed by atoms with Gasteiger partial charge in [0.15, 0.2) is 5.76 Å². The highest BCUT2D eigenvalue weighted by Crippen LogP contribution is 2.35. The Morgan fingerprint density at radius 2 is 1.61 bits per heavy atom. The van der Waals surface area contributed by atoms with Gasteiger partial charge in [0.05, 0.1) is 20.0 Å². The Kier molecular flexibility index (Phi) is 10.2. The summed E-state index contributed by atoms with van der Waals surface area (Å²) in [6.07, 6.45) is 9.08. The second-order valence-corrected chi connectivity index (χ2v) is 7.57. The summed E-state index contributed by atoms with van der Waals surface area (Å²) in [7, 11) is 2.86. The molecule has 0 aromatic heterocycles. The largest absolute Gasteiger partial charge is 0.494 e. The van der Waals surface area contributed by atoms with E-state index >= 15 is 0 Å². The molecule has 0 bridgehead atoms. The van der Waals surface area contributed by atoms with E-state index in [1.807, 2.05) is 6.92 Å². The molecule has 1 N–H and O–H groups in total. The van der Waals surface area contributed by atoms with Crippen molar-refractivity contribution in [3.63, 3.8) is 0 Å². The number of ether oxygens (including phenoxy) is 2. The summed E-state index contributed by atoms with van der Waals surface area (Å²) in [5.74, 6) is -0.480. The minimum absolute atomic E-state index is 0.123. The van der Waals surface area contributed by atoms with E-state index < -0.39 is 6.10 Å². The maximum atomic E-state index is 12.7. The van der Waals surface area contributed by atoms with Gasteiger partial charge in [-0.15, -0.1) is 0 Å². The first-order chi connectivity index (χ1) is 13.2. The van der Waals surface area contributed by atoms with E-state index in [1.54, 1.807) is 6.08 Å². The minimum atomic E-state index is -0.856. The summed E-state index contributed by atoms with van der Waals surface area (Å²) in [5.41, 5.74) is 2.48. The number of rotatable bonds is 10. The molecular formula is C23H35FO4. The molecule has 0 aromatic rings. The van der Waals surface area contributed by atoms with Crippen LogP contribution in [0.15, 0.2) is 46.7 Å². The predicted molar refractivity (Wildman–Crippen MR) is 110 cm³/mol. The van der Waals surface area contributed by atoms with Gasteiger partial charge in [-0.2, -0.15) is 0 Å². The first-order valence-electron chi connectivity index (χ1n) is 9.90. The lowest BCUT2D eigenvalue weighted by Gasteiger charge is -2.33. The zero-order valence-electron chi connectivity index (χ0n) is 18.0. The van der Waals surface area contributed by atoms with Gasteiger partial charge in [0.25, 0.3) is 0 Å². The minimum Gasteiger partial charge on any atom is -0.494 e. The lowest BCUT2D eigenvalue weighted by molar-refractivity contribution is -0.128. The van der Waals surface area contributed by atoms with Crippen LogP contribution in [0.1, 0.15) is 59.8 Å². The van der Waals surface area contributed by atoms with Crippen LogP contribution in [0.4, 0.5) is 4.39 Å². The highest BCUT2D eigenvalue weighted by Gasteiger charge is 2.42. The molecule has 0 saturated carbocycles. The Labute approximate surface area is 168 Å². The van der Waals surface area contributed by atoms with Crippen LogP contribution in [-0.4, -0.2) is 31.2 Å². The molecule has 0 radical (unpaired) electrons. The van der Waals surface area contributed by atoms with Crippen molar-refractivity contribution in [2.45, 2.75) is 65.9 Å². The van der Waals surface area contributed by atoms with E-state index in [-0.39, 0.29) is 35.0 Å². The summed E-state index contributed by atoms with van der Waals surface area (Å²) in [6, 6.07) is 0. The summed E-state index contributed by atoms with van der Waals surface area (Å²) < 4.78 is 23.1. The molecule has 3 atom stereocenters. The maximum absolute atomic E-state index is 12.7. The first-order valence-corrected chi connectivity index (χ1v) is 9.90. The molecule has 0 aliphatic heterocycles. The fourth-order valence-corrected chi connectivity index (χ4v) is 3.46. The van der Waals surface area contributed by atoms with Gasteiger partial charge >= 0.3 is 0 Å². The zero-order chi connectivity index (χ0) is 21.3. The first kappa shape index (κ1) is 24.2. The quantitative estimate of drug-likeness (QED) is 0.504. The molecule has 28 heavy (non-hydrogen) atoms. The molecule has 1 aliphatic rings. The van der Waals surface area contributed by atoms with Crippen LogP contribution in [0, 0.1) is 11.8 Å². The Hall–Kier alpha value is -1.88. The molecule has 3 unspecified atom stereocenters. The van der Waals surface area contributed by atoms with Crippen LogP contribution >= 0.6 is 0 Å². The third-order valence-corrected chi connectivity index (χ3v) is 5.34. The number of aliphatic hydroxyl groups excluding tert-OH is 1. The highest BCUT2D eigenvalue weighted by molar-refractivity contribution is 5.97. The summed E-state index contributed by atoms with van der Waals surface area (Å²) in [5, 5.41) is 10.6. The van der Waals surface area contributed by atoms with Crippen LogP contribution in [0.2, 0.25) is 0 Å². The maximum Gasteiger partial charge on any atom is 0.204 e. The van der Waals surface area contributed by atoms with Gasteiger partial charge in [0.2, 0.25) is 11.5 Å². The van der Waals surface area contributed by atoms with Crippen molar-refractivity contribution in [2.24, 2.45) is 11.8 Å². The number of aliphatic hydroxyl groups is 1. The third-order valence-electron chi connectivity index (χ3n) is 5.34. The van der Waals surface area contributed by atoms with Crippen LogP contribution in [0.25, 0.3) is 0 Å². The molecule has 0 amide bonds. The van der Waals surface area contributed by atoms with Gasteiger partial charge < -0.3 is 14.6 Å². The number of Topliss-reactive ketones (excluding diaryl/α,β-unsaturated/α-hetero) is 1. The van der Waals surface area contributed by atoms with Crippen LogP contribution in [-0.2, 0) is 14.3 Å². The second-order valence-electron chi connectivity index (χ2n) is 7.57. The van der Waals surface area contributed by atoms with Gasteiger partial charge in [-0.3, -0.25) is 4.79 Å². The monoisotopic (exact) mass is 394 g/mol. The van der Waals surface area contributed by atoms with Crippen molar-refractivity contribution in [2.75, 3.05) is 14.2 Å². The average molecular weight is 395 g/mol. The van der Waals surface area contributed by atoms with Crippen LogP contribution in [0.3, 0.4) is 0 Å². The van der Waals surface area contributed by atoms with E-state index in [2.05, 4.69) is 26.0 Å². The molecule has 1 aliphatic carbocycles. The molecule has 158 valence electrons.